The van der Waals surface area contributed by atoms with Gasteiger partial charge in [-0.3, -0.25) is 0 Å². The standard InChI is InChI=1S/C20H22FNO3/c1-4-25-14-7-5-12(6-8-14)15-9-13-11-20(2,3)18(22-19(23)24)16(13)10-17(15)21/h5-10,18,22H,4,11H2,1-3H3,(H,23,24). The van der Waals surface area contributed by atoms with E-state index >= 15 is 0 Å². The topological polar surface area (TPSA) is 58.6 Å². The summed E-state index contributed by atoms with van der Waals surface area (Å²) < 4.78 is 20.2. The second-order valence-electron chi connectivity index (χ2n) is 7.04. The van der Waals surface area contributed by atoms with Crippen LogP contribution in [0.3, 0.4) is 0 Å². The van der Waals surface area contributed by atoms with Gasteiger partial charge in [-0.15, -0.1) is 0 Å². The molecule has 3 rings (SSSR count). The second kappa shape index (κ2) is 6.39. The molecule has 2 aromatic rings. The fourth-order valence-electron chi connectivity index (χ4n) is 3.58. The van der Waals surface area contributed by atoms with Crippen LogP contribution < -0.4 is 10.1 Å². The minimum absolute atomic E-state index is 0.301. The zero-order chi connectivity index (χ0) is 18.2. The van der Waals surface area contributed by atoms with E-state index in [9.17, 15) is 9.18 Å². The van der Waals surface area contributed by atoms with Crippen LogP contribution in [-0.2, 0) is 6.42 Å². The smallest absolute Gasteiger partial charge is 0.405 e. The van der Waals surface area contributed by atoms with Gasteiger partial charge in [-0.05, 0) is 59.7 Å². The molecule has 4 nitrogen and oxygen atoms in total. The van der Waals surface area contributed by atoms with Crippen molar-refractivity contribution in [1.29, 1.82) is 0 Å². The van der Waals surface area contributed by atoms with Crippen molar-refractivity contribution in [1.82, 2.24) is 5.32 Å². The minimum atomic E-state index is -1.10. The summed E-state index contributed by atoms with van der Waals surface area (Å²) in [6, 6.07) is 10.2. The molecule has 0 aromatic heterocycles. The van der Waals surface area contributed by atoms with Gasteiger partial charge in [0.25, 0.3) is 0 Å². The predicted octanol–water partition coefficient (Wildman–Crippen LogP) is 4.78. The number of fused-ring (bicyclic) bond motifs is 1. The number of hydrogen-bond donors (Lipinski definition) is 2. The van der Waals surface area contributed by atoms with E-state index in [2.05, 4.69) is 5.32 Å². The molecule has 1 unspecified atom stereocenters. The van der Waals surface area contributed by atoms with Crippen molar-refractivity contribution in [2.45, 2.75) is 33.2 Å². The summed E-state index contributed by atoms with van der Waals surface area (Å²) in [7, 11) is 0. The van der Waals surface area contributed by atoms with Crippen LogP contribution in [0.4, 0.5) is 9.18 Å². The van der Waals surface area contributed by atoms with Gasteiger partial charge >= 0.3 is 6.09 Å². The zero-order valence-corrected chi connectivity index (χ0v) is 14.6. The van der Waals surface area contributed by atoms with Crippen LogP contribution >= 0.6 is 0 Å². The number of hydrogen-bond acceptors (Lipinski definition) is 2. The molecule has 1 amide bonds. The SMILES string of the molecule is CCOc1ccc(-c2cc3c(cc2F)C(NC(=O)O)C(C)(C)C3)cc1. The largest absolute Gasteiger partial charge is 0.494 e. The maximum atomic E-state index is 14.7. The first-order valence-corrected chi connectivity index (χ1v) is 8.37. The number of carboxylic acid groups (broad SMARTS) is 1. The van der Waals surface area contributed by atoms with Gasteiger partial charge in [-0.2, -0.15) is 0 Å². The highest BCUT2D eigenvalue weighted by atomic mass is 19.1. The Morgan fingerprint density at radius 3 is 2.60 bits per heavy atom. The van der Waals surface area contributed by atoms with Crippen molar-refractivity contribution < 1.29 is 19.0 Å². The highest BCUT2D eigenvalue weighted by Gasteiger charge is 2.40. The molecule has 0 saturated heterocycles. The minimum Gasteiger partial charge on any atom is -0.494 e. The fraction of sp³-hybridized carbons (Fsp3) is 0.350. The average Bonchev–Trinajstić information content (AvgIpc) is 2.78. The van der Waals surface area contributed by atoms with Crippen LogP contribution in [0.25, 0.3) is 11.1 Å². The zero-order valence-electron chi connectivity index (χ0n) is 14.6. The van der Waals surface area contributed by atoms with E-state index < -0.39 is 12.1 Å². The number of amides is 1. The van der Waals surface area contributed by atoms with Gasteiger partial charge in [-0.1, -0.05) is 26.0 Å². The average molecular weight is 343 g/mol. The molecular formula is C20H22FNO3. The quantitative estimate of drug-likeness (QED) is 0.840. The summed E-state index contributed by atoms with van der Waals surface area (Å²) in [5.74, 6) is 0.400. The number of nitrogens with one attached hydrogen (secondary N) is 1. The van der Waals surface area contributed by atoms with Crippen LogP contribution in [0.5, 0.6) is 5.75 Å². The van der Waals surface area contributed by atoms with E-state index in [1.807, 2.05) is 51.1 Å². The fourth-order valence-corrected chi connectivity index (χ4v) is 3.58. The van der Waals surface area contributed by atoms with E-state index in [-0.39, 0.29) is 11.2 Å². The molecule has 0 radical (unpaired) electrons. The summed E-state index contributed by atoms with van der Waals surface area (Å²) in [4.78, 5) is 11.1. The lowest BCUT2D eigenvalue weighted by Crippen LogP contribution is -2.34. The van der Waals surface area contributed by atoms with Crippen LogP contribution in [0.1, 0.15) is 37.9 Å². The molecule has 0 aliphatic heterocycles. The number of benzene rings is 2. The van der Waals surface area contributed by atoms with Crippen LogP contribution in [0.15, 0.2) is 36.4 Å². The number of ether oxygens (including phenoxy) is 1. The maximum Gasteiger partial charge on any atom is 0.405 e. The van der Waals surface area contributed by atoms with E-state index in [4.69, 9.17) is 9.84 Å². The molecule has 1 aliphatic carbocycles. The summed E-state index contributed by atoms with van der Waals surface area (Å²) in [6.45, 7) is 6.47. The Balaban J connectivity index is 1.99. The van der Waals surface area contributed by atoms with Gasteiger partial charge in [0.1, 0.15) is 11.6 Å². The molecule has 0 bridgehead atoms. The third-order valence-electron chi connectivity index (χ3n) is 4.71. The van der Waals surface area contributed by atoms with E-state index in [0.717, 1.165) is 22.4 Å². The van der Waals surface area contributed by atoms with E-state index in [1.165, 1.54) is 6.07 Å². The number of carbonyl (C=O) groups is 1. The van der Waals surface area contributed by atoms with Crippen molar-refractivity contribution in [3.63, 3.8) is 0 Å². The molecular weight excluding hydrogens is 321 g/mol. The number of rotatable bonds is 4. The highest BCUT2D eigenvalue weighted by Crippen LogP contribution is 2.46. The molecule has 0 spiro atoms. The van der Waals surface area contributed by atoms with Crippen LogP contribution in [-0.4, -0.2) is 17.8 Å². The monoisotopic (exact) mass is 343 g/mol. The molecule has 1 atom stereocenters. The third kappa shape index (κ3) is 3.31. The summed E-state index contributed by atoms with van der Waals surface area (Å²) in [5, 5.41) is 11.6. The first-order valence-electron chi connectivity index (χ1n) is 8.37. The Kier molecular flexibility index (Phi) is 4.41. The van der Waals surface area contributed by atoms with Gasteiger partial charge in [0, 0.05) is 5.56 Å². The first kappa shape index (κ1) is 17.3. The molecule has 2 N–H and O–H groups in total. The lowest BCUT2D eigenvalue weighted by Gasteiger charge is -2.27. The summed E-state index contributed by atoms with van der Waals surface area (Å²) in [5.41, 5.74) is 2.70. The van der Waals surface area contributed by atoms with Gasteiger partial charge < -0.3 is 15.2 Å². The lowest BCUT2D eigenvalue weighted by molar-refractivity contribution is 0.175. The Morgan fingerprint density at radius 1 is 1.32 bits per heavy atom. The number of halogens is 1. The Labute approximate surface area is 146 Å². The molecule has 2 aromatic carbocycles. The summed E-state index contributed by atoms with van der Waals surface area (Å²) >= 11 is 0. The molecule has 0 fully saturated rings. The van der Waals surface area contributed by atoms with Crippen molar-refractivity contribution in [3.8, 4) is 16.9 Å². The van der Waals surface area contributed by atoms with Crippen molar-refractivity contribution >= 4 is 6.09 Å². The molecule has 5 heteroatoms. The Morgan fingerprint density at radius 2 is 2.00 bits per heavy atom. The molecule has 1 aliphatic rings. The normalized spacial score (nSPS) is 17.8. The van der Waals surface area contributed by atoms with Crippen molar-refractivity contribution in [3.05, 3.63) is 53.3 Å². The van der Waals surface area contributed by atoms with Gasteiger partial charge in [0.2, 0.25) is 0 Å². The van der Waals surface area contributed by atoms with E-state index in [0.29, 0.717) is 18.6 Å². The second-order valence-corrected chi connectivity index (χ2v) is 7.04. The molecule has 25 heavy (non-hydrogen) atoms. The maximum absolute atomic E-state index is 14.7. The highest BCUT2D eigenvalue weighted by molar-refractivity contribution is 5.69. The molecule has 132 valence electrons. The Bertz CT molecular complexity index is 799. The van der Waals surface area contributed by atoms with Crippen LogP contribution in [0, 0.1) is 11.2 Å². The van der Waals surface area contributed by atoms with Gasteiger partial charge in [-0.25, -0.2) is 9.18 Å². The Hall–Kier alpha value is -2.56. The van der Waals surface area contributed by atoms with E-state index in [1.54, 1.807) is 0 Å². The van der Waals surface area contributed by atoms with Gasteiger partial charge in [0.05, 0.1) is 12.6 Å². The predicted molar refractivity (Wildman–Crippen MR) is 94.4 cm³/mol. The van der Waals surface area contributed by atoms with Crippen molar-refractivity contribution in [2.75, 3.05) is 6.61 Å². The van der Waals surface area contributed by atoms with Gasteiger partial charge in [0.15, 0.2) is 0 Å². The molecule has 0 heterocycles. The summed E-state index contributed by atoms with van der Waals surface area (Å²) in [6.07, 6.45) is -0.403. The van der Waals surface area contributed by atoms with Crippen molar-refractivity contribution in [2.24, 2.45) is 5.41 Å². The van der Waals surface area contributed by atoms with Crippen LogP contribution in [0.2, 0.25) is 0 Å². The molecule has 0 saturated carbocycles. The lowest BCUT2D eigenvalue weighted by atomic mass is 9.85. The third-order valence-corrected chi connectivity index (χ3v) is 4.71. The first-order chi connectivity index (χ1) is 11.8.